The van der Waals surface area contributed by atoms with E-state index >= 15 is 0 Å². The average Bonchev–Trinajstić information content (AvgIpc) is 2.85. The van der Waals surface area contributed by atoms with Gasteiger partial charge in [-0.1, -0.05) is 29.8 Å². The van der Waals surface area contributed by atoms with Gasteiger partial charge in [0.25, 0.3) is 5.56 Å². The minimum atomic E-state index is -0.514. The van der Waals surface area contributed by atoms with E-state index in [-0.39, 0.29) is 23.2 Å². The van der Waals surface area contributed by atoms with E-state index in [1.807, 2.05) is 36.4 Å². The number of esters is 1. The molecule has 0 saturated carbocycles. The van der Waals surface area contributed by atoms with Crippen molar-refractivity contribution in [2.45, 2.75) is 39.3 Å². The second kappa shape index (κ2) is 11.1. The van der Waals surface area contributed by atoms with Crippen LogP contribution in [0.2, 0.25) is 5.02 Å². The SMILES string of the molecule is CCOC(=O)C1CCN(C(c2cccc(Cl)c2)c2c(O)cc(C)n(Cc3ccccn3)c2=O)CC1. The molecule has 1 atom stereocenters. The number of benzene rings is 1. The molecule has 0 radical (unpaired) electrons. The Balaban J connectivity index is 1.75. The number of hydrogen-bond acceptors (Lipinski definition) is 6. The van der Waals surface area contributed by atoms with E-state index in [0.29, 0.717) is 55.4 Å². The van der Waals surface area contributed by atoms with Gasteiger partial charge in [-0.2, -0.15) is 0 Å². The molecule has 4 rings (SSSR count). The molecule has 0 bridgehead atoms. The van der Waals surface area contributed by atoms with Crippen molar-refractivity contribution < 1.29 is 14.6 Å². The highest BCUT2D eigenvalue weighted by Crippen LogP contribution is 2.36. The summed E-state index contributed by atoms with van der Waals surface area (Å²) in [7, 11) is 0. The van der Waals surface area contributed by atoms with Crippen molar-refractivity contribution in [2.24, 2.45) is 5.92 Å². The first-order chi connectivity index (χ1) is 16.9. The van der Waals surface area contributed by atoms with Crippen LogP contribution in [0.25, 0.3) is 0 Å². The van der Waals surface area contributed by atoms with Crippen molar-refractivity contribution in [1.29, 1.82) is 0 Å². The molecule has 35 heavy (non-hydrogen) atoms. The van der Waals surface area contributed by atoms with Crippen LogP contribution in [0.15, 0.2) is 59.5 Å². The number of aromatic nitrogens is 2. The Kier molecular flexibility index (Phi) is 7.88. The Hall–Kier alpha value is -3.16. The summed E-state index contributed by atoms with van der Waals surface area (Å²) >= 11 is 6.32. The van der Waals surface area contributed by atoms with E-state index in [0.717, 1.165) is 11.3 Å². The summed E-state index contributed by atoms with van der Waals surface area (Å²) in [6.45, 7) is 5.41. The Labute approximate surface area is 209 Å². The number of carbonyl (C=O) groups excluding carboxylic acids is 1. The monoisotopic (exact) mass is 495 g/mol. The molecule has 1 aliphatic rings. The lowest BCUT2D eigenvalue weighted by atomic mass is 9.91. The predicted octanol–water partition coefficient (Wildman–Crippen LogP) is 4.32. The number of piperidine rings is 1. The van der Waals surface area contributed by atoms with Gasteiger partial charge in [-0.25, -0.2) is 0 Å². The van der Waals surface area contributed by atoms with Crippen molar-refractivity contribution in [2.75, 3.05) is 19.7 Å². The lowest BCUT2D eigenvalue weighted by Crippen LogP contribution is -2.42. The number of likely N-dealkylation sites (tertiary alicyclic amines) is 1. The molecule has 3 heterocycles. The van der Waals surface area contributed by atoms with E-state index < -0.39 is 6.04 Å². The molecule has 0 spiro atoms. The smallest absolute Gasteiger partial charge is 0.309 e. The van der Waals surface area contributed by atoms with Crippen LogP contribution < -0.4 is 5.56 Å². The molecule has 8 heteroatoms. The maximum Gasteiger partial charge on any atom is 0.309 e. The van der Waals surface area contributed by atoms with Crippen molar-refractivity contribution in [3.8, 4) is 5.75 Å². The van der Waals surface area contributed by atoms with Crippen molar-refractivity contribution in [3.63, 3.8) is 0 Å². The van der Waals surface area contributed by atoms with Crippen LogP contribution in [0.3, 0.4) is 0 Å². The number of carbonyl (C=O) groups is 1. The molecule has 1 saturated heterocycles. The highest BCUT2D eigenvalue weighted by molar-refractivity contribution is 6.30. The minimum absolute atomic E-state index is 0.0535. The Morgan fingerprint density at radius 2 is 1.97 bits per heavy atom. The molecule has 1 unspecified atom stereocenters. The van der Waals surface area contributed by atoms with Gasteiger partial charge in [0.05, 0.1) is 36.4 Å². The molecule has 1 N–H and O–H groups in total. The van der Waals surface area contributed by atoms with Crippen LogP contribution in [-0.2, 0) is 16.1 Å². The molecular formula is C27H30ClN3O4. The third-order valence-electron chi connectivity index (χ3n) is 6.52. The third-order valence-corrected chi connectivity index (χ3v) is 6.76. The van der Waals surface area contributed by atoms with Crippen LogP contribution in [0.5, 0.6) is 5.75 Å². The normalized spacial score (nSPS) is 15.6. The quantitative estimate of drug-likeness (QED) is 0.491. The van der Waals surface area contributed by atoms with Gasteiger partial charge in [0, 0.05) is 16.9 Å². The van der Waals surface area contributed by atoms with Crippen LogP contribution >= 0.6 is 11.6 Å². The second-order valence-corrected chi connectivity index (χ2v) is 9.25. The summed E-state index contributed by atoms with van der Waals surface area (Å²) in [4.78, 5) is 32.6. The zero-order valence-corrected chi connectivity index (χ0v) is 20.7. The standard InChI is InChI=1S/C27H30ClN3O4/c1-3-35-27(34)19-10-13-30(14-11-19)25(20-7-6-8-21(28)16-20)24-23(32)15-18(2)31(26(24)33)17-22-9-4-5-12-29-22/h4-9,12,15-16,19,25,32H,3,10-11,13-14,17H2,1-2H3. The summed E-state index contributed by atoms with van der Waals surface area (Å²) in [6.07, 6.45) is 2.93. The van der Waals surface area contributed by atoms with Crippen LogP contribution in [0.4, 0.5) is 0 Å². The van der Waals surface area contributed by atoms with Gasteiger partial charge in [-0.3, -0.25) is 19.5 Å². The third kappa shape index (κ3) is 5.57. The number of pyridine rings is 2. The molecule has 7 nitrogen and oxygen atoms in total. The van der Waals surface area contributed by atoms with E-state index in [9.17, 15) is 14.7 Å². The maximum atomic E-state index is 13.9. The first-order valence-electron chi connectivity index (χ1n) is 11.9. The fraction of sp³-hybridized carbons (Fsp3) is 0.370. The van der Waals surface area contributed by atoms with E-state index in [2.05, 4.69) is 9.88 Å². The van der Waals surface area contributed by atoms with Gasteiger partial charge in [0.15, 0.2) is 0 Å². The fourth-order valence-electron chi connectivity index (χ4n) is 4.77. The first-order valence-corrected chi connectivity index (χ1v) is 12.3. The second-order valence-electron chi connectivity index (χ2n) is 8.82. The lowest BCUT2D eigenvalue weighted by molar-refractivity contribution is -0.149. The number of nitrogens with zero attached hydrogens (tertiary/aromatic N) is 3. The molecule has 1 aliphatic heterocycles. The van der Waals surface area contributed by atoms with E-state index in [4.69, 9.17) is 16.3 Å². The minimum Gasteiger partial charge on any atom is -0.507 e. The predicted molar refractivity (Wildman–Crippen MR) is 135 cm³/mol. The molecule has 3 aromatic rings. The number of aryl methyl sites for hydroxylation is 1. The largest absolute Gasteiger partial charge is 0.507 e. The Bertz CT molecular complexity index is 1240. The summed E-state index contributed by atoms with van der Waals surface area (Å²) in [5.41, 5.74) is 2.23. The molecule has 0 aliphatic carbocycles. The van der Waals surface area contributed by atoms with Gasteiger partial charge in [-0.15, -0.1) is 0 Å². The van der Waals surface area contributed by atoms with Gasteiger partial charge in [-0.05, 0) is 75.7 Å². The summed E-state index contributed by atoms with van der Waals surface area (Å²) in [6, 6.07) is 14.1. The number of hydrogen-bond donors (Lipinski definition) is 1. The zero-order chi connectivity index (χ0) is 24.9. The van der Waals surface area contributed by atoms with Crippen LogP contribution in [0.1, 0.15) is 48.3 Å². The van der Waals surface area contributed by atoms with Crippen LogP contribution in [-0.4, -0.2) is 45.2 Å². The molecule has 0 amide bonds. The molecule has 1 fully saturated rings. The summed E-state index contributed by atoms with van der Waals surface area (Å²) in [5, 5.41) is 11.6. The van der Waals surface area contributed by atoms with Crippen LogP contribution in [0, 0.1) is 12.8 Å². The number of rotatable bonds is 7. The summed E-state index contributed by atoms with van der Waals surface area (Å²) < 4.78 is 6.85. The molecule has 2 aromatic heterocycles. The first kappa shape index (κ1) is 24.9. The van der Waals surface area contributed by atoms with Crippen molar-refractivity contribution in [3.05, 3.63) is 92.6 Å². The maximum absolute atomic E-state index is 13.9. The van der Waals surface area contributed by atoms with Gasteiger partial charge >= 0.3 is 5.97 Å². The van der Waals surface area contributed by atoms with E-state index in [1.54, 1.807) is 36.7 Å². The van der Waals surface area contributed by atoms with Gasteiger partial charge < -0.3 is 14.4 Å². The lowest BCUT2D eigenvalue weighted by Gasteiger charge is -2.37. The highest BCUT2D eigenvalue weighted by atomic mass is 35.5. The summed E-state index contributed by atoms with van der Waals surface area (Å²) in [5.74, 6) is -0.400. The average molecular weight is 496 g/mol. The molecule has 184 valence electrons. The van der Waals surface area contributed by atoms with Crippen molar-refractivity contribution >= 4 is 17.6 Å². The molecular weight excluding hydrogens is 466 g/mol. The van der Waals surface area contributed by atoms with Gasteiger partial charge in [0.2, 0.25) is 0 Å². The zero-order valence-electron chi connectivity index (χ0n) is 20.0. The number of ether oxygens (including phenoxy) is 1. The fourth-order valence-corrected chi connectivity index (χ4v) is 4.96. The molecule has 1 aromatic carbocycles. The topological polar surface area (TPSA) is 84.7 Å². The van der Waals surface area contributed by atoms with Gasteiger partial charge in [0.1, 0.15) is 5.75 Å². The number of halogens is 1. The highest BCUT2D eigenvalue weighted by Gasteiger charge is 2.34. The Morgan fingerprint density at radius 1 is 1.20 bits per heavy atom. The number of aromatic hydroxyl groups is 1. The van der Waals surface area contributed by atoms with E-state index in [1.165, 1.54) is 0 Å². The Morgan fingerprint density at radius 3 is 2.63 bits per heavy atom. The van der Waals surface area contributed by atoms with Crippen molar-refractivity contribution in [1.82, 2.24) is 14.5 Å².